The number of ether oxygens (including phenoxy) is 1. The summed E-state index contributed by atoms with van der Waals surface area (Å²) < 4.78 is 5.08. The molecule has 0 unspecified atom stereocenters. The van der Waals surface area contributed by atoms with Crippen LogP contribution < -0.4 is 15.0 Å². The minimum absolute atomic E-state index is 0.0515. The molecule has 29 heavy (non-hydrogen) atoms. The lowest BCUT2D eigenvalue weighted by molar-refractivity contribution is -0.121. The molecule has 1 aliphatic rings. The minimum Gasteiger partial charge on any atom is -0.495 e. The molecular weight excluding hydrogens is 412 g/mol. The Bertz CT molecular complexity index is 933. The smallest absolute Gasteiger partial charge is 0.247 e. The molecule has 152 valence electrons. The van der Waals surface area contributed by atoms with Crippen LogP contribution in [0.2, 0.25) is 5.02 Å². The Morgan fingerprint density at radius 1 is 1.24 bits per heavy atom. The van der Waals surface area contributed by atoms with Crippen LogP contribution in [0.3, 0.4) is 0 Å². The molecule has 0 spiro atoms. The van der Waals surface area contributed by atoms with Gasteiger partial charge in [-0.05, 0) is 42.3 Å². The topological polar surface area (TPSA) is 75.7 Å². The van der Waals surface area contributed by atoms with Gasteiger partial charge in [0, 0.05) is 12.1 Å². The van der Waals surface area contributed by atoms with Gasteiger partial charge in [-0.25, -0.2) is 4.90 Å². The van der Waals surface area contributed by atoms with Crippen molar-refractivity contribution in [1.29, 1.82) is 0 Å². The quantitative estimate of drug-likeness (QED) is 0.671. The first kappa shape index (κ1) is 21.2. The van der Waals surface area contributed by atoms with E-state index in [-0.39, 0.29) is 29.9 Å². The summed E-state index contributed by atoms with van der Waals surface area (Å²) in [6.45, 7) is 2.04. The van der Waals surface area contributed by atoms with Crippen molar-refractivity contribution in [3.05, 3.63) is 53.1 Å². The van der Waals surface area contributed by atoms with Crippen LogP contribution in [-0.4, -0.2) is 35.8 Å². The van der Waals surface area contributed by atoms with E-state index in [0.717, 1.165) is 23.7 Å². The lowest BCUT2D eigenvalue weighted by Gasteiger charge is -2.15. The maximum Gasteiger partial charge on any atom is 0.247 e. The molecule has 3 rings (SSSR count). The standard InChI is InChI=1S/C21H21ClN2O4S/c1-3-13-4-7-15(8-5-13)24-20(26)11-18(21(24)27)29-12-19(25)23-14-6-9-17(28-2)16(22)10-14/h4-10,18H,3,11-12H2,1-2H3,(H,23,25)/t18-/m0/s1. The largest absolute Gasteiger partial charge is 0.495 e. The van der Waals surface area contributed by atoms with Crippen LogP contribution in [0.5, 0.6) is 5.75 Å². The second kappa shape index (κ2) is 9.33. The van der Waals surface area contributed by atoms with Gasteiger partial charge in [-0.2, -0.15) is 0 Å². The lowest BCUT2D eigenvalue weighted by atomic mass is 10.1. The summed E-state index contributed by atoms with van der Waals surface area (Å²) >= 11 is 7.21. The highest BCUT2D eigenvalue weighted by Crippen LogP contribution is 2.30. The number of hydrogen-bond acceptors (Lipinski definition) is 5. The molecule has 0 aliphatic carbocycles. The van der Waals surface area contributed by atoms with Crippen LogP contribution in [-0.2, 0) is 20.8 Å². The number of carbonyl (C=O) groups is 3. The van der Waals surface area contributed by atoms with Gasteiger partial charge in [0.1, 0.15) is 5.75 Å². The fourth-order valence-corrected chi connectivity index (χ4v) is 4.19. The van der Waals surface area contributed by atoms with Gasteiger partial charge >= 0.3 is 0 Å². The first-order chi connectivity index (χ1) is 13.9. The number of thioether (sulfide) groups is 1. The molecule has 2 aromatic rings. The second-order valence-electron chi connectivity index (χ2n) is 6.49. The zero-order valence-electron chi connectivity index (χ0n) is 16.1. The van der Waals surface area contributed by atoms with E-state index in [2.05, 4.69) is 5.32 Å². The van der Waals surface area contributed by atoms with Crippen LogP contribution in [0.4, 0.5) is 11.4 Å². The number of amides is 3. The van der Waals surface area contributed by atoms with Crippen molar-refractivity contribution in [2.75, 3.05) is 23.1 Å². The number of halogens is 1. The number of methoxy groups -OCH3 is 1. The molecule has 0 bridgehead atoms. The van der Waals surface area contributed by atoms with Gasteiger partial charge in [0.15, 0.2) is 0 Å². The summed E-state index contributed by atoms with van der Waals surface area (Å²) in [6.07, 6.45) is 0.968. The van der Waals surface area contributed by atoms with Crippen LogP contribution >= 0.6 is 23.4 Å². The lowest BCUT2D eigenvalue weighted by Crippen LogP contribution is -2.31. The van der Waals surface area contributed by atoms with Crippen molar-refractivity contribution < 1.29 is 19.1 Å². The van der Waals surface area contributed by atoms with E-state index in [1.54, 1.807) is 30.3 Å². The second-order valence-corrected chi connectivity index (χ2v) is 8.09. The number of nitrogens with one attached hydrogen (secondary N) is 1. The van der Waals surface area contributed by atoms with Crippen LogP contribution in [0, 0.1) is 0 Å². The van der Waals surface area contributed by atoms with Crippen LogP contribution in [0.1, 0.15) is 18.9 Å². The van der Waals surface area contributed by atoms with Gasteiger partial charge in [-0.3, -0.25) is 14.4 Å². The Hall–Kier alpha value is -2.51. The molecule has 3 amide bonds. The molecule has 0 radical (unpaired) electrons. The number of benzene rings is 2. The summed E-state index contributed by atoms with van der Waals surface area (Å²) in [7, 11) is 1.51. The predicted octanol–water partition coefficient (Wildman–Crippen LogP) is 3.91. The van der Waals surface area contributed by atoms with Gasteiger partial charge in [0.25, 0.3) is 0 Å². The molecule has 0 aromatic heterocycles. The molecule has 6 nitrogen and oxygen atoms in total. The average molecular weight is 433 g/mol. The van der Waals surface area contributed by atoms with Crippen LogP contribution in [0.15, 0.2) is 42.5 Å². The van der Waals surface area contributed by atoms with Crippen molar-refractivity contribution in [3.63, 3.8) is 0 Å². The molecule has 8 heteroatoms. The maximum atomic E-state index is 12.7. The Balaban J connectivity index is 1.58. The Kier molecular flexibility index (Phi) is 6.82. The fraction of sp³-hybridized carbons (Fsp3) is 0.286. The molecule has 1 N–H and O–H groups in total. The highest BCUT2D eigenvalue weighted by Gasteiger charge is 2.40. The summed E-state index contributed by atoms with van der Waals surface area (Å²) in [6, 6.07) is 12.3. The van der Waals surface area contributed by atoms with E-state index >= 15 is 0 Å². The van der Waals surface area contributed by atoms with Gasteiger partial charge in [-0.1, -0.05) is 30.7 Å². The van der Waals surface area contributed by atoms with E-state index in [1.165, 1.54) is 12.0 Å². The third-order valence-corrected chi connectivity index (χ3v) is 6.05. The summed E-state index contributed by atoms with van der Waals surface area (Å²) in [5.74, 6) is -0.248. The number of hydrogen-bond donors (Lipinski definition) is 1. The number of aryl methyl sites for hydroxylation is 1. The number of anilines is 2. The Morgan fingerprint density at radius 3 is 2.59 bits per heavy atom. The highest BCUT2D eigenvalue weighted by molar-refractivity contribution is 8.01. The summed E-state index contributed by atoms with van der Waals surface area (Å²) in [5.41, 5.74) is 2.24. The molecule has 2 aromatic carbocycles. The molecule has 1 fully saturated rings. The molecule has 1 saturated heterocycles. The van der Waals surface area contributed by atoms with E-state index in [4.69, 9.17) is 16.3 Å². The van der Waals surface area contributed by atoms with Crippen molar-refractivity contribution in [1.82, 2.24) is 0 Å². The average Bonchev–Trinajstić information content (AvgIpc) is 3.00. The maximum absolute atomic E-state index is 12.7. The predicted molar refractivity (Wildman–Crippen MR) is 116 cm³/mol. The zero-order chi connectivity index (χ0) is 21.0. The Morgan fingerprint density at radius 2 is 1.97 bits per heavy atom. The number of rotatable bonds is 7. The molecule has 1 atom stereocenters. The van der Waals surface area contributed by atoms with E-state index in [0.29, 0.717) is 22.1 Å². The van der Waals surface area contributed by atoms with E-state index in [9.17, 15) is 14.4 Å². The van der Waals surface area contributed by atoms with E-state index < -0.39 is 5.25 Å². The fourth-order valence-electron chi connectivity index (χ4n) is 3.00. The third kappa shape index (κ3) is 4.92. The monoisotopic (exact) mass is 432 g/mol. The number of imide groups is 1. The van der Waals surface area contributed by atoms with E-state index in [1.807, 2.05) is 19.1 Å². The van der Waals surface area contributed by atoms with Crippen LogP contribution in [0.25, 0.3) is 0 Å². The van der Waals surface area contributed by atoms with Gasteiger partial charge in [0.05, 0.1) is 28.8 Å². The Labute approximate surface area is 178 Å². The minimum atomic E-state index is -0.571. The summed E-state index contributed by atoms with van der Waals surface area (Å²) in [5, 5.41) is 2.55. The van der Waals surface area contributed by atoms with Crippen molar-refractivity contribution in [3.8, 4) is 5.75 Å². The van der Waals surface area contributed by atoms with Crippen molar-refractivity contribution >= 4 is 52.5 Å². The highest BCUT2D eigenvalue weighted by atomic mass is 35.5. The molecule has 1 heterocycles. The first-order valence-corrected chi connectivity index (χ1v) is 10.6. The number of carbonyl (C=O) groups excluding carboxylic acids is 3. The SMILES string of the molecule is CCc1ccc(N2C(=O)C[C@H](SCC(=O)Nc3ccc(OC)c(Cl)c3)C2=O)cc1. The van der Waals surface area contributed by atoms with Crippen molar-refractivity contribution in [2.24, 2.45) is 0 Å². The normalized spacial score (nSPS) is 16.2. The molecular formula is C21H21ClN2O4S. The first-order valence-electron chi connectivity index (χ1n) is 9.13. The molecule has 1 aliphatic heterocycles. The van der Waals surface area contributed by atoms with Gasteiger partial charge in [0.2, 0.25) is 17.7 Å². The zero-order valence-corrected chi connectivity index (χ0v) is 17.7. The van der Waals surface area contributed by atoms with Crippen molar-refractivity contribution in [2.45, 2.75) is 25.0 Å². The number of nitrogens with zero attached hydrogens (tertiary/aromatic N) is 1. The molecule has 0 saturated carbocycles. The third-order valence-electron chi connectivity index (χ3n) is 4.56. The summed E-state index contributed by atoms with van der Waals surface area (Å²) in [4.78, 5) is 38.5. The van der Waals surface area contributed by atoms with Gasteiger partial charge in [-0.15, -0.1) is 11.8 Å². The van der Waals surface area contributed by atoms with Gasteiger partial charge < -0.3 is 10.1 Å².